The number of amides is 1. The monoisotopic (exact) mass is 406 g/mol. The van der Waals surface area contributed by atoms with Gasteiger partial charge in [0, 0.05) is 4.88 Å². The largest absolute Gasteiger partial charge is 0.312 e. The van der Waals surface area contributed by atoms with Gasteiger partial charge in [0.1, 0.15) is 11.1 Å². The molecule has 1 heterocycles. The van der Waals surface area contributed by atoms with Gasteiger partial charge in [0.25, 0.3) is 5.91 Å². The molecule has 3 rings (SSSR count). The van der Waals surface area contributed by atoms with Gasteiger partial charge in [-0.1, -0.05) is 50.0 Å². The summed E-state index contributed by atoms with van der Waals surface area (Å²) in [5.41, 5.74) is 2.21. The Labute approximate surface area is 167 Å². The lowest BCUT2D eigenvalue weighted by Crippen LogP contribution is -2.26. The minimum atomic E-state index is -0.347. The number of halogens is 2. The van der Waals surface area contributed by atoms with E-state index in [1.807, 2.05) is 0 Å². The fourth-order valence-corrected chi connectivity index (χ4v) is 5.04. The van der Waals surface area contributed by atoms with E-state index in [9.17, 15) is 10.1 Å². The van der Waals surface area contributed by atoms with Crippen LogP contribution in [0.5, 0.6) is 0 Å². The van der Waals surface area contributed by atoms with Crippen molar-refractivity contribution in [3.05, 3.63) is 49.8 Å². The van der Waals surface area contributed by atoms with Crippen LogP contribution >= 0.6 is 34.5 Å². The third-order valence-corrected chi connectivity index (χ3v) is 7.01. The van der Waals surface area contributed by atoms with Gasteiger partial charge < -0.3 is 5.32 Å². The van der Waals surface area contributed by atoms with Gasteiger partial charge >= 0.3 is 0 Å². The Kier molecular flexibility index (Phi) is 5.35. The summed E-state index contributed by atoms with van der Waals surface area (Å²) in [5, 5.41) is 13.7. The SMILES string of the molecule is CC(C)(C)[C@H]1CCc2c(sc(NC(=O)c3cccc(Cl)c3Cl)c2C#N)C1. The number of rotatable bonds is 2. The highest BCUT2D eigenvalue weighted by Crippen LogP contribution is 2.44. The second-order valence-electron chi connectivity index (χ2n) is 7.68. The molecule has 26 heavy (non-hydrogen) atoms. The van der Waals surface area contributed by atoms with E-state index >= 15 is 0 Å². The van der Waals surface area contributed by atoms with E-state index in [0.717, 1.165) is 24.8 Å². The molecular formula is C20H20Cl2N2OS. The van der Waals surface area contributed by atoms with Crippen molar-refractivity contribution >= 4 is 45.4 Å². The summed E-state index contributed by atoms with van der Waals surface area (Å²) >= 11 is 13.7. The summed E-state index contributed by atoms with van der Waals surface area (Å²) in [4.78, 5) is 13.8. The first-order chi connectivity index (χ1) is 12.2. The van der Waals surface area contributed by atoms with Crippen molar-refractivity contribution in [2.75, 3.05) is 5.32 Å². The molecule has 3 nitrogen and oxygen atoms in total. The third kappa shape index (κ3) is 3.62. The Morgan fingerprint density at radius 3 is 2.73 bits per heavy atom. The van der Waals surface area contributed by atoms with Crippen LogP contribution in [-0.4, -0.2) is 5.91 Å². The lowest BCUT2D eigenvalue weighted by Gasteiger charge is -2.33. The summed E-state index contributed by atoms with van der Waals surface area (Å²) < 4.78 is 0. The zero-order valence-corrected chi connectivity index (χ0v) is 17.3. The zero-order chi connectivity index (χ0) is 19.1. The van der Waals surface area contributed by atoms with E-state index in [-0.39, 0.29) is 16.3 Å². The molecule has 1 aliphatic rings. The number of fused-ring (bicyclic) bond motifs is 1. The van der Waals surface area contributed by atoms with E-state index in [2.05, 4.69) is 32.2 Å². The maximum atomic E-state index is 12.6. The number of hydrogen-bond donors (Lipinski definition) is 1. The summed E-state index contributed by atoms with van der Waals surface area (Å²) in [7, 11) is 0. The van der Waals surface area contributed by atoms with Crippen molar-refractivity contribution in [1.29, 1.82) is 5.26 Å². The predicted octanol–water partition coefficient (Wildman–Crippen LogP) is 6.33. The summed E-state index contributed by atoms with van der Waals surface area (Å²) in [6.45, 7) is 6.77. The fourth-order valence-electron chi connectivity index (χ4n) is 3.38. The van der Waals surface area contributed by atoms with Gasteiger partial charge in [-0.2, -0.15) is 5.26 Å². The maximum Gasteiger partial charge on any atom is 0.257 e. The highest BCUT2D eigenvalue weighted by atomic mass is 35.5. The molecule has 0 saturated heterocycles. The van der Waals surface area contributed by atoms with E-state index in [1.54, 1.807) is 18.2 Å². The van der Waals surface area contributed by atoms with Crippen LogP contribution in [0.25, 0.3) is 0 Å². The van der Waals surface area contributed by atoms with E-state index < -0.39 is 0 Å². The van der Waals surface area contributed by atoms with Crippen molar-refractivity contribution in [2.24, 2.45) is 11.3 Å². The van der Waals surface area contributed by atoms with Crippen LogP contribution in [0.3, 0.4) is 0 Å². The van der Waals surface area contributed by atoms with Crippen LogP contribution in [0.1, 0.15) is 53.6 Å². The molecular weight excluding hydrogens is 387 g/mol. The van der Waals surface area contributed by atoms with E-state index in [1.165, 1.54) is 16.2 Å². The van der Waals surface area contributed by atoms with Gasteiger partial charge in [0.15, 0.2) is 0 Å². The molecule has 6 heteroatoms. The van der Waals surface area contributed by atoms with Crippen LogP contribution in [0.15, 0.2) is 18.2 Å². The van der Waals surface area contributed by atoms with E-state index in [0.29, 0.717) is 27.1 Å². The first-order valence-corrected chi connectivity index (χ1v) is 10.1. The molecule has 0 saturated carbocycles. The predicted molar refractivity (Wildman–Crippen MR) is 108 cm³/mol. The Morgan fingerprint density at radius 2 is 2.08 bits per heavy atom. The summed E-state index contributed by atoms with van der Waals surface area (Å²) in [5.74, 6) is 0.228. The quantitative estimate of drug-likeness (QED) is 0.632. The molecule has 0 spiro atoms. The molecule has 0 fully saturated rings. The van der Waals surface area contributed by atoms with Crippen molar-refractivity contribution in [2.45, 2.75) is 40.0 Å². The Bertz CT molecular complexity index is 906. The number of carbonyl (C=O) groups excluding carboxylic acids is 1. The minimum Gasteiger partial charge on any atom is -0.312 e. The van der Waals surface area contributed by atoms with Crippen molar-refractivity contribution in [3.8, 4) is 6.07 Å². The minimum absolute atomic E-state index is 0.222. The molecule has 136 valence electrons. The van der Waals surface area contributed by atoms with Crippen molar-refractivity contribution in [3.63, 3.8) is 0 Å². The molecule has 1 aromatic heterocycles. The van der Waals surface area contributed by atoms with Gasteiger partial charge in [-0.15, -0.1) is 11.3 Å². The Morgan fingerprint density at radius 1 is 1.35 bits per heavy atom. The highest BCUT2D eigenvalue weighted by molar-refractivity contribution is 7.16. The lowest BCUT2D eigenvalue weighted by atomic mass is 9.72. The average molecular weight is 407 g/mol. The van der Waals surface area contributed by atoms with Crippen LogP contribution in [0.2, 0.25) is 10.0 Å². The van der Waals surface area contributed by atoms with Gasteiger partial charge in [-0.05, 0) is 48.3 Å². The van der Waals surface area contributed by atoms with Gasteiger partial charge in [0.2, 0.25) is 0 Å². The number of carbonyl (C=O) groups is 1. The Hall–Kier alpha value is -1.54. The number of nitrogens with one attached hydrogen (secondary N) is 1. The van der Waals surface area contributed by atoms with Crippen LogP contribution in [0, 0.1) is 22.7 Å². The summed E-state index contributed by atoms with van der Waals surface area (Å²) in [6, 6.07) is 7.22. The third-order valence-electron chi connectivity index (χ3n) is 5.03. The van der Waals surface area contributed by atoms with Crippen LogP contribution < -0.4 is 5.32 Å². The molecule has 1 aliphatic carbocycles. The zero-order valence-electron chi connectivity index (χ0n) is 15.0. The molecule has 2 aromatic rings. The Balaban J connectivity index is 1.90. The molecule has 1 aromatic carbocycles. The summed E-state index contributed by atoms with van der Waals surface area (Å²) in [6.07, 6.45) is 2.89. The number of anilines is 1. The van der Waals surface area contributed by atoms with Crippen LogP contribution in [-0.2, 0) is 12.8 Å². The first-order valence-electron chi connectivity index (χ1n) is 8.52. The van der Waals surface area contributed by atoms with Gasteiger partial charge in [0.05, 0.1) is 21.2 Å². The van der Waals surface area contributed by atoms with Gasteiger partial charge in [-0.25, -0.2) is 0 Å². The molecule has 0 unspecified atom stereocenters. The number of benzene rings is 1. The van der Waals surface area contributed by atoms with Crippen molar-refractivity contribution in [1.82, 2.24) is 0 Å². The molecule has 0 bridgehead atoms. The van der Waals surface area contributed by atoms with Crippen LogP contribution in [0.4, 0.5) is 5.00 Å². The van der Waals surface area contributed by atoms with Gasteiger partial charge in [-0.3, -0.25) is 4.79 Å². The highest BCUT2D eigenvalue weighted by Gasteiger charge is 2.32. The number of nitrogens with zero attached hydrogens (tertiary/aromatic N) is 1. The lowest BCUT2D eigenvalue weighted by molar-refractivity contribution is 0.102. The molecule has 1 amide bonds. The maximum absolute atomic E-state index is 12.6. The molecule has 1 N–H and O–H groups in total. The standard InChI is InChI=1S/C20H20Cl2N2OS/c1-20(2,3)11-7-8-12-14(10-23)19(26-16(12)9-11)24-18(25)13-5-4-6-15(21)17(13)22/h4-6,11H,7-9H2,1-3H3,(H,24,25)/t11-/m0/s1. The normalized spacial score (nSPS) is 16.7. The molecule has 0 aliphatic heterocycles. The smallest absolute Gasteiger partial charge is 0.257 e. The number of nitriles is 1. The average Bonchev–Trinajstić information content (AvgIpc) is 2.92. The number of thiophene rings is 1. The second kappa shape index (κ2) is 7.23. The topological polar surface area (TPSA) is 52.9 Å². The number of hydrogen-bond acceptors (Lipinski definition) is 3. The van der Waals surface area contributed by atoms with E-state index in [4.69, 9.17) is 23.2 Å². The molecule has 1 atom stereocenters. The molecule has 0 radical (unpaired) electrons. The first kappa shape index (κ1) is 19.2. The van der Waals surface area contributed by atoms with Crippen molar-refractivity contribution < 1.29 is 4.79 Å². The second-order valence-corrected chi connectivity index (χ2v) is 9.57. The fraction of sp³-hybridized carbons (Fsp3) is 0.400.